The van der Waals surface area contributed by atoms with Crippen LogP contribution in [0.4, 0.5) is 11.4 Å². The Morgan fingerprint density at radius 3 is 2.33 bits per heavy atom. The van der Waals surface area contributed by atoms with Crippen LogP contribution in [0.1, 0.15) is 11.7 Å². The molecule has 0 aliphatic carbocycles. The lowest BCUT2D eigenvalue weighted by atomic mass is 10.1. The Balaban J connectivity index is 2.08. The minimum absolute atomic E-state index is 0.0305. The summed E-state index contributed by atoms with van der Waals surface area (Å²) in [5.41, 5.74) is 0.318. The fourth-order valence-electron chi connectivity index (χ4n) is 2.29. The zero-order chi connectivity index (χ0) is 17.6. The molecule has 0 fully saturated rings. The van der Waals surface area contributed by atoms with E-state index in [1.807, 2.05) is 0 Å². The number of nitrogens with one attached hydrogen (secondary N) is 1. The third kappa shape index (κ3) is 2.70. The highest BCUT2D eigenvalue weighted by Crippen LogP contribution is 2.40. The van der Waals surface area contributed by atoms with Crippen LogP contribution in [0.3, 0.4) is 0 Å². The molecule has 2 aromatic carbocycles. The molecule has 0 saturated carbocycles. The fourth-order valence-corrected chi connectivity index (χ4v) is 3.99. The standard InChI is InChI=1S/C13H9Cl2N3O5S/c14-9-5-11-12(6-10(9)15)24(22,23)18(21)13(16-11)7-1-3-8(4-2-7)17(19)20/h1-6,13,16,21H. The van der Waals surface area contributed by atoms with E-state index < -0.39 is 21.1 Å². The van der Waals surface area contributed by atoms with Crippen LogP contribution in [-0.2, 0) is 10.0 Å². The van der Waals surface area contributed by atoms with Crippen LogP contribution >= 0.6 is 23.2 Å². The second-order valence-electron chi connectivity index (χ2n) is 4.94. The first-order valence-electron chi connectivity index (χ1n) is 6.45. The molecule has 3 rings (SSSR count). The van der Waals surface area contributed by atoms with Crippen molar-refractivity contribution in [3.05, 3.63) is 62.1 Å². The van der Waals surface area contributed by atoms with E-state index in [-0.39, 0.29) is 30.8 Å². The van der Waals surface area contributed by atoms with E-state index in [9.17, 15) is 23.7 Å². The number of hydroxylamine groups is 1. The van der Waals surface area contributed by atoms with Crippen LogP contribution < -0.4 is 5.32 Å². The smallest absolute Gasteiger partial charge is 0.269 e. The Hall–Kier alpha value is -1.91. The van der Waals surface area contributed by atoms with Gasteiger partial charge in [-0.3, -0.25) is 15.3 Å². The number of hydrogen-bond acceptors (Lipinski definition) is 6. The molecule has 24 heavy (non-hydrogen) atoms. The van der Waals surface area contributed by atoms with Crippen LogP contribution in [-0.4, -0.2) is 23.0 Å². The van der Waals surface area contributed by atoms with Crippen molar-refractivity contribution in [2.45, 2.75) is 11.1 Å². The quantitative estimate of drug-likeness (QED) is 0.600. The molecule has 2 N–H and O–H groups in total. The number of nitro groups is 1. The third-order valence-electron chi connectivity index (χ3n) is 3.48. The number of nitro benzene ring substituents is 1. The minimum atomic E-state index is -4.23. The highest BCUT2D eigenvalue weighted by molar-refractivity contribution is 7.89. The molecule has 1 aliphatic heterocycles. The summed E-state index contributed by atoms with van der Waals surface area (Å²) in [6, 6.07) is 7.58. The second-order valence-corrected chi connectivity index (χ2v) is 7.51. The number of fused-ring (bicyclic) bond motifs is 1. The lowest BCUT2D eigenvalue weighted by molar-refractivity contribution is -0.384. The topological polar surface area (TPSA) is 113 Å². The van der Waals surface area contributed by atoms with Crippen LogP contribution in [0.15, 0.2) is 41.3 Å². The molecule has 1 aliphatic rings. The van der Waals surface area contributed by atoms with Crippen molar-refractivity contribution in [3.63, 3.8) is 0 Å². The van der Waals surface area contributed by atoms with E-state index in [1.54, 1.807) is 0 Å². The summed E-state index contributed by atoms with van der Waals surface area (Å²) in [4.78, 5) is 9.89. The SMILES string of the molecule is O=[N+]([O-])c1ccc(C2Nc3cc(Cl)c(Cl)cc3S(=O)(=O)N2O)cc1. The van der Waals surface area contributed by atoms with Crippen molar-refractivity contribution < 1.29 is 18.5 Å². The summed E-state index contributed by atoms with van der Waals surface area (Å²) in [6.45, 7) is 0. The number of halogens is 2. The van der Waals surface area contributed by atoms with Crippen molar-refractivity contribution >= 4 is 44.6 Å². The van der Waals surface area contributed by atoms with Crippen molar-refractivity contribution in [1.82, 2.24) is 4.47 Å². The van der Waals surface area contributed by atoms with Crippen LogP contribution in [0.5, 0.6) is 0 Å². The van der Waals surface area contributed by atoms with Gasteiger partial charge in [0.15, 0.2) is 0 Å². The van der Waals surface area contributed by atoms with Gasteiger partial charge in [0.2, 0.25) is 0 Å². The van der Waals surface area contributed by atoms with E-state index in [0.29, 0.717) is 5.56 Å². The Kier molecular flexibility index (Phi) is 4.14. The lowest BCUT2D eigenvalue weighted by Crippen LogP contribution is -2.40. The van der Waals surface area contributed by atoms with Gasteiger partial charge in [-0.2, -0.15) is 0 Å². The molecule has 8 nitrogen and oxygen atoms in total. The average molecular weight is 390 g/mol. The predicted molar refractivity (Wildman–Crippen MR) is 86.7 cm³/mol. The van der Waals surface area contributed by atoms with Crippen molar-refractivity contribution in [3.8, 4) is 0 Å². The molecule has 0 amide bonds. The average Bonchev–Trinajstić information content (AvgIpc) is 2.53. The maximum atomic E-state index is 12.5. The molecule has 0 radical (unpaired) electrons. The summed E-state index contributed by atoms with van der Waals surface area (Å²) in [5.74, 6) is 0. The highest BCUT2D eigenvalue weighted by Gasteiger charge is 2.39. The van der Waals surface area contributed by atoms with E-state index in [0.717, 1.165) is 6.07 Å². The van der Waals surface area contributed by atoms with Gasteiger partial charge in [-0.1, -0.05) is 27.7 Å². The largest absolute Gasteiger partial charge is 0.362 e. The maximum absolute atomic E-state index is 12.5. The maximum Gasteiger partial charge on any atom is 0.269 e. The predicted octanol–water partition coefficient (Wildman–Crippen LogP) is 3.41. The molecule has 1 atom stereocenters. The summed E-state index contributed by atoms with van der Waals surface area (Å²) in [6.07, 6.45) is -1.17. The van der Waals surface area contributed by atoms with Gasteiger partial charge < -0.3 is 5.32 Å². The van der Waals surface area contributed by atoms with Crippen molar-refractivity contribution in [1.29, 1.82) is 0 Å². The molecule has 0 saturated heterocycles. The number of anilines is 1. The number of nitrogens with zero attached hydrogens (tertiary/aromatic N) is 2. The van der Waals surface area contributed by atoms with Crippen LogP contribution in [0, 0.1) is 10.1 Å². The van der Waals surface area contributed by atoms with E-state index in [4.69, 9.17) is 23.2 Å². The Bertz CT molecular complexity index is 933. The first-order valence-corrected chi connectivity index (χ1v) is 8.64. The molecule has 126 valence electrons. The molecule has 2 aromatic rings. The Morgan fingerprint density at radius 2 is 1.75 bits per heavy atom. The molecule has 0 bridgehead atoms. The molecule has 1 unspecified atom stereocenters. The Morgan fingerprint density at radius 1 is 1.17 bits per heavy atom. The van der Waals surface area contributed by atoms with Crippen LogP contribution in [0.2, 0.25) is 10.0 Å². The summed E-state index contributed by atoms with van der Waals surface area (Å²) in [7, 11) is -4.23. The second kappa shape index (κ2) is 5.87. The number of benzene rings is 2. The zero-order valence-electron chi connectivity index (χ0n) is 11.7. The van der Waals surface area contributed by atoms with Gasteiger partial charge in [0.25, 0.3) is 15.7 Å². The van der Waals surface area contributed by atoms with Crippen molar-refractivity contribution in [2.75, 3.05) is 5.32 Å². The molecule has 11 heteroatoms. The number of non-ortho nitro benzene ring substituents is 1. The van der Waals surface area contributed by atoms with Gasteiger partial charge in [0, 0.05) is 12.1 Å². The van der Waals surface area contributed by atoms with Gasteiger partial charge >= 0.3 is 0 Å². The monoisotopic (exact) mass is 389 g/mol. The van der Waals surface area contributed by atoms with Gasteiger partial charge in [0.1, 0.15) is 11.1 Å². The van der Waals surface area contributed by atoms with Crippen molar-refractivity contribution in [2.24, 2.45) is 0 Å². The normalized spacial score (nSPS) is 19.4. The molecular formula is C13H9Cl2N3O5S. The minimum Gasteiger partial charge on any atom is -0.362 e. The first-order chi connectivity index (χ1) is 11.2. The number of sulfonamides is 1. The molecule has 1 heterocycles. The van der Waals surface area contributed by atoms with E-state index in [1.165, 1.54) is 30.3 Å². The van der Waals surface area contributed by atoms with Gasteiger partial charge in [-0.25, -0.2) is 8.42 Å². The lowest BCUT2D eigenvalue weighted by Gasteiger charge is -2.33. The van der Waals surface area contributed by atoms with Gasteiger partial charge in [-0.15, -0.1) is 0 Å². The van der Waals surface area contributed by atoms with Gasteiger partial charge in [0.05, 0.1) is 20.7 Å². The van der Waals surface area contributed by atoms with E-state index >= 15 is 0 Å². The number of hydrogen-bond donors (Lipinski definition) is 2. The summed E-state index contributed by atoms with van der Waals surface area (Å²) >= 11 is 11.7. The molecular weight excluding hydrogens is 381 g/mol. The number of rotatable bonds is 2. The Labute approximate surface area is 146 Å². The first kappa shape index (κ1) is 16.9. The summed E-state index contributed by atoms with van der Waals surface area (Å²) < 4.78 is 25.0. The fraction of sp³-hybridized carbons (Fsp3) is 0.0769. The molecule has 0 aromatic heterocycles. The third-order valence-corrected chi connectivity index (χ3v) is 5.80. The highest BCUT2D eigenvalue weighted by atomic mass is 35.5. The van der Waals surface area contributed by atoms with Crippen LogP contribution in [0.25, 0.3) is 0 Å². The molecule has 0 spiro atoms. The van der Waals surface area contributed by atoms with Gasteiger partial charge in [-0.05, 0) is 29.8 Å². The summed E-state index contributed by atoms with van der Waals surface area (Å²) in [5, 5.41) is 23.8. The van der Waals surface area contributed by atoms with E-state index in [2.05, 4.69) is 5.32 Å². The zero-order valence-corrected chi connectivity index (χ0v) is 14.0.